The van der Waals surface area contributed by atoms with E-state index in [4.69, 9.17) is 0 Å². The summed E-state index contributed by atoms with van der Waals surface area (Å²) in [6.45, 7) is 5.01. The van der Waals surface area contributed by atoms with Gasteiger partial charge in [0.25, 0.3) is 5.91 Å². The van der Waals surface area contributed by atoms with Crippen LogP contribution in [0.15, 0.2) is 36.9 Å². The lowest BCUT2D eigenvalue weighted by Crippen LogP contribution is -2.39. The molecule has 1 heterocycles. The first-order chi connectivity index (χ1) is 11.0. The fourth-order valence-electron chi connectivity index (χ4n) is 2.45. The van der Waals surface area contributed by atoms with Gasteiger partial charge in [-0.05, 0) is 43.2 Å². The van der Waals surface area contributed by atoms with Crippen LogP contribution in [0, 0.1) is 0 Å². The molecule has 0 aliphatic carbocycles. The van der Waals surface area contributed by atoms with Gasteiger partial charge in [-0.1, -0.05) is 6.58 Å². The Morgan fingerprint density at radius 1 is 1.22 bits per heavy atom. The second-order valence-electron chi connectivity index (χ2n) is 5.52. The Morgan fingerprint density at radius 3 is 2.39 bits per heavy atom. The van der Waals surface area contributed by atoms with Gasteiger partial charge in [0.2, 0.25) is 11.8 Å². The zero-order valence-electron chi connectivity index (χ0n) is 13.2. The molecule has 1 aliphatic rings. The monoisotopic (exact) mass is 315 g/mol. The number of carbonyl (C=O) groups excluding carboxylic acids is 3. The molecule has 1 aromatic carbocycles. The smallest absolute Gasteiger partial charge is 0.254 e. The first kappa shape index (κ1) is 16.7. The Morgan fingerprint density at radius 2 is 1.83 bits per heavy atom. The second kappa shape index (κ2) is 7.58. The van der Waals surface area contributed by atoms with E-state index < -0.39 is 0 Å². The SMILES string of the molecule is C=CC(=O)Nc1ccc(C(=O)N(C)CC(=O)N2CCCC2)cc1. The van der Waals surface area contributed by atoms with E-state index >= 15 is 0 Å². The molecule has 23 heavy (non-hydrogen) atoms. The number of hydrogen-bond donors (Lipinski definition) is 1. The van der Waals surface area contributed by atoms with Crippen molar-refractivity contribution in [2.75, 3.05) is 32.0 Å². The predicted molar refractivity (Wildman–Crippen MR) is 88.0 cm³/mol. The fourth-order valence-corrected chi connectivity index (χ4v) is 2.45. The Bertz CT molecular complexity index is 604. The molecule has 1 fully saturated rings. The van der Waals surface area contributed by atoms with Gasteiger partial charge in [-0.2, -0.15) is 0 Å². The molecule has 0 aromatic heterocycles. The molecule has 1 aliphatic heterocycles. The number of nitrogens with one attached hydrogen (secondary N) is 1. The number of amides is 3. The second-order valence-corrected chi connectivity index (χ2v) is 5.52. The molecule has 1 saturated heterocycles. The van der Waals surface area contributed by atoms with Crippen LogP contribution in [0.25, 0.3) is 0 Å². The van der Waals surface area contributed by atoms with E-state index in [2.05, 4.69) is 11.9 Å². The fraction of sp³-hybridized carbons (Fsp3) is 0.353. The normalized spacial score (nSPS) is 13.5. The standard InChI is InChI=1S/C17H21N3O3/c1-3-15(21)18-14-8-6-13(7-9-14)17(23)19(2)12-16(22)20-10-4-5-11-20/h3,6-9H,1,4-5,10-12H2,2H3,(H,18,21). The number of likely N-dealkylation sites (N-methyl/N-ethyl adjacent to an activating group) is 1. The molecule has 0 atom stereocenters. The average Bonchev–Trinajstić information content (AvgIpc) is 3.09. The molecule has 0 spiro atoms. The van der Waals surface area contributed by atoms with Crippen LogP contribution in [0.1, 0.15) is 23.2 Å². The number of carbonyl (C=O) groups is 3. The maximum Gasteiger partial charge on any atom is 0.254 e. The zero-order chi connectivity index (χ0) is 16.8. The number of benzene rings is 1. The van der Waals surface area contributed by atoms with E-state index in [-0.39, 0.29) is 24.3 Å². The molecule has 0 bridgehead atoms. The van der Waals surface area contributed by atoms with Crippen LogP contribution in [0.5, 0.6) is 0 Å². The lowest BCUT2D eigenvalue weighted by atomic mass is 10.2. The lowest BCUT2D eigenvalue weighted by molar-refractivity contribution is -0.130. The summed E-state index contributed by atoms with van der Waals surface area (Å²) in [4.78, 5) is 38.8. The number of rotatable bonds is 5. The lowest BCUT2D eigenvalue weighted by Gasteiger charge is -2.21. The summed E-state index contributed by atoms with van der Waals surface area (Å²) in [5, 5.41) is 2.61. The molecule has 1 N–H and O–H groups in total. The summed E-state index contributed by atoms with van der Waals surface area (Å²) in [6.07, 6.45) is 3.24. The average molecular weight is 315 g/mol. The van der Waals surface area contributed by atoms with Crippen LogP contribution in [-0.2, 0) is 9.59 Å². The van der Waals surface area contributed by atoms with Gasteiger partial charge in [0, 0.05) is 31.4 Å². The van der Waals surface area contributed by atoms with Gasteiger partial charge in [-0.25, -0.2) is 0 Å². The highest BCUT2D eigenvalue weighted by atomic mass is 16.2. The minimum absolute atomic E-state index is 0.0202. The van der Waals surface area contributed by atoms with E-state index in [0.29, 0.717) is 11.3 Å². The molecule has 0 saturated carbocycles. The first-order valence-corrected chi connectivity index (χ1v) is 7.58. The largest absolute Gasteiger partial charge is 0.341 e. The van der Waals surface area contributed by atoms with E-state index in [1.54, 1.807) is 36.2 Å². The van der Waals surface area contributed by atoms with Crippen molar-refractivity contribution in [3.63, 3.8) is 0 Å². The van der Waals surface area contributed by atoms with E-state index in [1.807, 2.05) is 0 Å². The summed E-state index contributed by atoms with van der Waals surface area (Å²) in [5.74, 6) is -0.551. The maximum absolute atomic E-state index is 12.3. The van der Waals surface area contributed by atoms with Crippen LogP contribution in [0.2, 0.25) is 0 Å². The van der Waals surface area contributed by atoms with Gasteiger partial charge in [0.15, 0.2) is 0 Å². The molecule has 122 valence electrons. The van der Waals surface area contributed by atoms with Gasteiger partial charge >= 0.3 is 0 Å². The van der Waals surface area contributed by atoms with Crippen molar-refractivity contribution in [2.24, 2.45) is 0 Å². The van der Waals surface area contributed by atoms with Crippen LogP contribution in [0.4, 0.5) is 5.69 Å². The maximum atomic E-state index is 12.3. The Kier molecular flexibility index (Phi) is 5.51. The van der Waals surface area contributed by atoms with Gasteiger partial charge in [0.1, 0.15) is 0 Å². The summed E-state index contributed by atoms with van der Waals surface area (Å²) in [5.41, 5.74) is 1.06. The highest BCUT2D eigenvalue weighted by Gasteiger charge is 2.21. The van der Waals surface area contributed by atoms with Crippen molar-refractivity contribution in [3.05, 3.63) is 42.5 Å². The molecule has 3 amide bonds. The first-order valence-electron chi connectivity index (χ1n) is 7.58. The molecule has 6 nitrogen and oxygen atoms in total. The Hall–Kier alpha value is -2.63. The molecule has 1 aromatic rings. The Balaban J connectivity index is 1.94. The summed E-state index contributed by atoms with van der Waals surface area (Å²) in [7, 11) is 1.61. The minimum Gasteiger partial charge on any atom is -0.341 e. The van der Waals surface area contributed by atoms with E-state index in [0.717, 1.165) is 25.9 Å². The number of anilines is 1. The number of hydrogen-bond acceptors (Lipinski definition) is 3. The predicted octanol–water partition coefficient (Wildman–Crippen LogP) is 1.51. The van der Waals surface area contributed by atoms with Crippen LogP contribution in [-0.4, -0.2) is 54.2 Å². The molecule has 0 unspecified atom stereocenters. The molecular weight excluding hydrogens is 294 g/mol. The minimum atomic E-state index is -0.308. The molecular formula is C17H21N3O3. The molecule has 6 heteroatoms. The molecule has 2 rings (SSSR count). The molecule has 0 radical (unpaired) electrons. The van der Waals surface area contributed by atoms with Crippen molar-refractivity contribution in [3.8, 4) is 0 Å². The van der Waals surface area contributed by atoms with E-state index in [1.165, 1.54) is 11.0 Å². The number of likely N-dealkylation sites (tertiary alicyclic amines) is 1. The van der Waals surface area contributed by atoms with Gasteiger partial charge in [-0.3, -0.25) is 14.4 Å². The summed E-state index contributed by atoms with van der Waals surface area (Å²) < 4.78 is 0. The Labute approximate surface area is 135 Å². The van der Waals surface area contributed by atoms with E-state index in [9.17, 15) is 14.4 Å². The van der Waals surface area contributed by atoms with Crippen molar-refractivity contribution >= 4 is 23.4 Å². The summed E-state index contributed by atoms with van der Waals surface area (Å²) in [6, 6.07) is 6.53. The number of nitrogens with zero attached hydrogens (tertiary/aromatic N) is 2. The summed E-state index contributed by atoms with van der Waals surface area (Å²) >= 11 is 0. The van der Waals surface area contributed by atoms with Crippen molar-refractivity contribution < 1.29 is 14.4 Å². The van der Waals surface area contributed by atoms with Gasteiger partial charge in [-0.15, -0.1) is 0 Å². The van der Waals surface area contributed by atoms with Crippen molar-refractivity contribution in [1.29, 1.82) is 0 Å². The van der Waals surface area contributed by atoms with Gasteiger partial charge in [0.05, 0.1) is 6.54 Å². The highest BCUT2D eigenvalue weighted by molar-refractivity contribution is 6.00. The topological polar surface area (TPSA) is 69.7 Å². The zero-order valence-corrected chi connectivity index (χ0v) is 13.2. The third-order valence-electron chi connectivity index (χ3n) is 3.76. The van der Waals surface area contributed by atoms with Crippen LogP contribution >= 0.6 is 0 Å². The quantitative estimate of drug-likeness (QED) is 0.837. The van der Waals surface area contributed by atoms with Crippen molar-refractivity contribution in [2.45, 2.75) is 12.8 Å². The van der Waals surface area contributed by atoms with Crippen LogP contribution < -0.4 is 5.32 Å². The third-order valence-corrected chi connectivity index (χ3v) is 3.76. The van der Waals surface area contributed by atoms with Crippen molar-refractivity contribution in [1.82, 2.24) is 9.80 Å². The highest BCUT2D eigenvalue weighted by Crippen LogP contribution is 2.12. The third kappa shape index (κ3) is 4.42. The van der Waals surface area contributed by atoms with Gasteiger partial charge < -0.3 is 15.1 Å². The van der Waals surface area contributed by atoms with Crippen LogP contribution in [0.3, 0.4) is 0 Å².